The summed E-state index contributed by atoms with van der Waals surface area (Å²) in [6.07, 6.45) is 8.07. The summed E-state index contributed by atoms with van der Waals surface area (Å²) in [7, 11) is 0. The van der Waals surface area contributed by atoms with E-state index < -0.39 is 0 Å². The SMILES string of the molecule is Cc1cc(NC(=O)c2cnn3ccncc23)ncc1Br. The molecule has 6 nitrogen and oxygen atoms in total. The Morgan fingerprint density at radius 1 is 1.35 bits per heavy atom. The van der Waals surface area contributed by atoms with Gasteiger partial charge in [-0.15, -0.1) is 0 Å². The standard InChI is InChI=1S/C13H10BrN5O/c1-8-4-12(16-6-10(8)14)18-13(20)9-5-17-19-3-2-15-7-11(9)19/h2-7H,1H3,(H,16,18,20). The number of nitrogens with one attached hydrogen (secondary N) is 1. The maximum absolute atomic E-state index is 12.2. The van der Waals surface area contributed by atoms with Crippen LogP contribution in [0.5, 0.6) is 0 Å². The van der Waals surface area contributed by atoms with Gasteiger partial charge in [-0.3, -0.25) is 9.78 Å². The molecular weight excluding hydrogens is 322 g/mol. The summed E-state index contributed by atoms with van der Waals surface area (Å²) < 4.78 is 2.50. The molecule has 7 heteroatoms. The maximum Gasteiger partial charge on any atom is 0.260 e. The van der Waals surface area contributed by atoms with Crippen LogP contribution in [0.2, 0.25) is 0 Å². The molecule has 3 aromatic rings. The van der Waals surface area contributed by atoms with Crippen LogP contribution >= 0.6 is 15.9 Å². The Morgan fingerprint density at radius 2 is 2.20 bits per heavy atom. The zero-order chi connectivity index (χ0) is 14.1. The first-order valence-electron chi connectivity index (χ1n) is 5.86. The molecule has 0 radical (unpaired) electrons. The summed E-state index contributed by atoms with van der Waals surface area (Å²) in [5.74, 6) is 0.237. The number of aryl methyl sites for hydroxylation is 1. The molecule has 0 bridgehead atoms. The van der Waals surface area contributed by atoms with Crippen molar-refractivity contribution in [1.82, 2.24) is 19.6 Å². The summed E-state index contributed by atoms with van der Waals surface area (Å²) in [6, 6.07) is 1.80. The molecule has 0 saturated carbocycles. The lowest BCUT2D eigenvalue weighted by Gasteiger charge is -2.05. The van der Waals surface area contributed by atoms with Crippen molar-refractivity contribution in [3.05, 3.63) is 52.7 Å². The molecular formula is C13H10BrN5O. The van der Waals surface area contributed by atoms with E-state index in [1.165, 1.54) is 6.20 Å². The van der Waals surface area contributed by atoms with Crippen LogP contribution in [0, 0.1) is 6.92 Å². The number of nitrogens with zero attached hydrogens (tertiary/aromatic N) is 4. The van der Waals surface area contributed by atoms with Crippen molar-refractivity contribution in [3.8, 4) is 0 Å². The van der Waals surface area contributed by atoms with E-state index in [1.807, 2.05) is 6.92 Å². The predicted octanol–water partition coefficient (Wildman–Crippen LogP) is 2.45. The molecule has 0 aliphatic rings. The first kappa shape index (κ1) is 12.7. The minimum Gasteiger partial charge on any atom is -0.306 e. The topological polar surface area (TPSA) is 72.2 Å². The minimum atomic E-state index is -0.262. The minimum absolute atomic E-state index is 0.262. The Labute approximate surface area is 123 Å². The maximum atomic E-state index is 12.2. The number of fused-ring (bicyclic) bond motifs is 1. The second-order valence-corrected chi connectivity index (χ2v) is 5.09. The van der Waals surface area contributed by atoms with Gasteiger partial charge in [0.05, 0.1) is 23.5 Å². The highest BCUT2D eigenvalue weighted by atomic mass is 79.9. The zero-order valence-corrected chi connectivity index (χ0v) is 12.1. The third-order valence-electron chi connectivity index (χ3n) is 2.86. The number of hydrogen-bond donors (Lipinski definition) is 1. The molecule has 0 aliphatic carbocycles. The molecule has 0 aliphatic heterocycles. The summed E-state index contributed by atoms with van der Waals surface area (Å²) in [4.78, 5) is 20.4. The van der Waals surface area contributed by atoms with Crippen LogP contribution in [0.25, 0.3) is 5.52 Å². The fourth-order valence-corrected chi connectivity index (χ4v) is 2.02. The number of hydrogen-bond acceptors (Lipinski definition) is 4. The van der Waals surface area contributed by atoms with Gasteiger partial charge < -0.3 is 5.32 Å². The van der Waals surface area contributed by atoms with Crippen molar-refractivity contribution in [1.29, 1.82) is 0 Å². The number of carbonyl (C=O) groups is 1. The van der Waals surface area contributed by atoms with Gasteiger partial charge in [0.1, 0.15) is 5.82 Å². The Kier molecular flexibility index (Phi) is 3.19. The Morgan fingerprint density at radius 3 is 3.00 bits per heavy atom. The smallest absolute Gasteiger partial charge is 0.260 e. The molecule has 3 aromatic heterocycles. The molecule has 0 atom stereocenters. The largest absolute Gasteiger partial charge is 0.306 e. The third kappa shape index (κ3) is 2.27. The molecule has 0 unspecified atom stereocenters. The molecule has 0 spiro atoms. The fourth-order valence-electron chi connectivity index (χ4n) is 1.80. The number of pyridine rings is 1. The number of amides is 1. The summed E-state index contributed by atoms with van der Waals surface area (Å²) in [5.41, 5.74) is 2.11. The number of rotatable bonds is 2. The van der Waals surface area contributed by atoms with E-state index in [4.69, 9.17) is 0 Å². The Hall–Kier alpha value is -2.28. The van der Waals surface area contributed by atoms with Crippen molar-refractivity contribution in [2.24, 2.45) is 0 Å². The third-order valence-corrected chi connectivity index (χ3v) is 3.69. The summed E-state index contributed by atoms with van der Waals surface area (Å²) in [5, 5.41) is 6.85. The molecule has 3 rings (SSSR count). The van der Waals surface area contributed by atoms with Crippen molar-refractivity contribution < 1.29 is 4.79 Å². The van der Waals surface area contributed by atoms with Crippen LogP contribution in [0.15, 0.2) is 41.5 Å². The number of carbonyl (C=O) groups excluding carboxylic acids is 1. The van der Waals surface area contributed by atoms with Gasteiger partial charge in [-0.25, -0.2) is 9.50 Å². The van der Waals surface area contributed by atoms with Crippen LogP contribution in [-0.2, 0) is 0 Å². The van der Waals surface area contributed by atoms with Crippen LogP contribution in [0.4, 0.5) is 5.82 Å². The Balaban J connectivity index is 1.91. The average molecular weight is 332 g/mol. The second-order valence-electron chi connectivity index (χ2n) is 4.24. The molecule has 3 heterocycles. The highest BCUT2D eigenvalue weighted by Gasteiger charge is 2.13. The number of halogens is 1. The second kappa shape index (κ2) is 5.01. The molecule has 1 N–H and O–H groups in total. The van der Waals surface area contributed by atoms with E-state index in [0.717, 1.165) is 10.0 Å². The molecule has 0 aromatic carbocycles. The fraction of sp³-hybridized carbons (Fsp3) is 0.0769. The quantitative estimate of drug-likeness (QED) is 0.782. The normalized spacial score (nSPS) is 10.7. The van der Waals surface area contributed by atoms with Gasteiger partial charge in [-0.1, -0.05) is 0 Å². The van der Waals surface area contributed by atoms with Gasteiger partial charge in [0.15, 0.2) is 0 Å². The van der Waals surface area contributed by atoms with E-state index in [9.17, 15) is 4.79 Å². The molecule has 0 fully saturated rings. The van der Waals surface area contributed by atoms with Crippen LogP contribution in [-0.4, -0.2) is 25.5 Å². The van der Waals surface area contributed by atoms with Crippen molar-refractivity contribution in [3.63, 3.8) is 0 Å². The number of anilines is 1. The molecule has 0 saturated heterocycles. The zero-order valence-electron chi connectivity index (χ0n) is 10.5. The summed E-state index contributed by atoms with van der Waals surface area (Å²) >= 11 is 3.37. The average Bonchev–Trinajstić information content (AvgIpc) is 2.87. The first-order valence-corrected chi connectivity index (χ1v) is 6.65. The molecule has 100 valence electrons. The van der Waals surface area contributed by atoms with Gasteiger partial charge in [0.2, 0.25) is 0 Å². The lowest BCUT2D eigenvalue weighted by atomic mass is 10.2. The van der Waals surface area contributed by atoms with Crippen LogP contribution in [0.3, 0.4) is 0 Å². The van der Waals surface area contributed by atoms with Crippen LogP contribution in [0.1, 0.15) is 15.9 Å². The van der Waals surface area contributed by atoms with Crippen molar-refractivity contribution in [2.45, 2.75) is 6.92 Å². The number of aromatic nitrogens is 4. The van der Waals surface area contributed by atoms with Crippen molar-refractivity contribution in [2.75, 3.05) is 5.32 Å². The Bertz CT molecular complexity index is 798. The van der Waals surface area contributed by atoms with E-state index in [2.05, 4.69) is 36.3 Å². The van der Waals surface area contributed by atoms with E-state index >= 15 is 0 Å². The van der Waals surface area contributed by atoms with E-state index in [1.54, 1.807) is 35.4 Å². The first-order chi connectivity index (χ1) is 9.65. The van der Waals surface area contributed by atoms with Gasteiger partial charge >= 0.3 is 0 Å². The lowest BCUT2D eigenvalue weighted by molar-refractivity contribution is 0.102. The van der Waals surface area contributed by atoms with Crippen molar-refractivity contribution >= 4 is 33.2 Å². The monoisotopic (exact) mass is 331 g/mol. The highest BCUT2D eigenvalue weighted by Crippen LogP contribution is 2.18. The van der Waals surface area contributed by atoms with Gasteiger partial charge in [-0.05, 0) is 34.5 Å². The predicted molar refractivity (Wildman–Crippen MR) is 77.6 cm³/mol. The van der Waals surface area contributed by atoms with Gasteiger partial charge in [-0.2, -0.15) is 5.10 Å². The van der Waals surface area contributed by atoms with Gasteiger partial charge in [0, 0.05) is 23.1 Å². The highest BCUT2D eigenvalue weighted by molar-refractivity contribution is 9.10. The summed E-state index contributed by atoms with van der Waals surface area (Å²) in [6.45, 7) is 1.93. The lowest BCUT2D eigenvalue weighted by Crippen LogP contribution is -2.12. The van der Waals surface area contributed by atoms with E-state index in [-0.39, 0.29) is 5.91 Å². The molecule has 1 amide bonds. The van der Waals surface area contributed by atoms with Gasteiger partial charge in [0.25, 0.3) is 5.91 Å². The van der Waals surface area contributed by atoms with Crippen LogP contribution < -0.4 is 5.32 Å². The molecule has 20 heavy (non-hydrogen) atoms. The van der Waals surface area contributed by atoms with E-state index in [0.29, 0.717) is 16.9 Å².